The smallest absolute Gasteiger partial charge is 0.410 e. The van der Waals surface area contributed by atoms with Gasteiger partial charge in [-0.1, -0.05) is 24.3 Å². The van der Waals surface area contributed by atoms with Crippen molar-refractivity contribution in [2.24, 2.45) is 0 Å². The highest BCUT2D eigenvalue weighted by molar-refractivity contribution is 5.96. The van der Waals surface area contributed by atoms with Gasteiger partial charge in [-0.15, -0.1) is 0 Å². The molecule has 192 valence electrons. The number of ether oxygens (including phenoxy) is 1. The maximum atomic E-state index is 13.0. The summed E-state index contributed by atoms with van der Waals surface area (Å²) in [6.45, 7) is 11.4. The van der Waals surface area contributed by atoms with Gasteiger partial charge in [-0.3, -0.25) is 4.79 Å². The molecule has 1 aliphatic heterocycles. The SMILES string of the molecule is CCN(CC)C(=O)c1ccc(-c2oc3cccc(C4CCCCN4C(=O)OC(C)(C)C)c3c2O)cc1. The van der Waals surface area contributed by atoms with Crippen LogP contribution in [0.1, 0.15) is 75.8 Å². The molecule has 36 heavy (non-hydrogen) atoms. The van der Waals surface area contributed by atoms with Gasteiger partial charge in [0.15, 0.2) is 11.5 Å². The van der Waals surface area contributed by atoms with Crippen molar-refractivity contribution in [2.45, 2.75) is 65.5 Å². The summed E-state index contributed by atoms with van der Waals surface area (Å²) in [5.74, 6) is 0.360. The Balaban J connectivity index is 1.70. The van der Waals surface area contributed by atoms with E-state index < -0.39 is 5.60 Å². The van der Waals surface area contributed by atoms with Gasteiger partial charge in [0.1, 0.15) is 11.2 Å². The second kappa shape index (κ2) is 10.2. The highest BCUT2D eigenvalue weighted by Gasteiger charge is 2.33. The van der Waals surface area contributed by atoms with E-state index >= 15 is 0 Å². The second-order valence-electron chi connectivity index (χ2n) is 10.2. The van der Waals surface area contributed by atoms with E-state index in [0.29, 0.717) is 47.5 Å². The Morgan fingerprint density at radius 2 is 1.78 bits per heavy atom. The standard InChI is InChI=1S/C29H36N2O5/c1-6-30(7-2)27(33)20-16-14-19(15-17-20)26-25(32)24-21(11-10-13-23(24)35-26)22-12-8-9-18-31(22)28(34)36-29(3,4)5/h10-11,13-17,22,32H,6-9,12,18H2,1-5H3. The van der Waals surface area contributed by atoms with E-state index in [2.05, 4.69) is 0 Å². The highest BCUT2D eigenvalue weighted by atomic mass is 16.6. The van der Waals surface area contributed by atoms with Gasteiger partial charge in [0.25, 0.3) is 5.91 Å². The van der Waals surface area contributed by atoms with Crippen LogP contribution in [0.15, 0.2) is 46.9 Å². The van der Waals surface area contributed by atoms with Crippen LogP contribution in [-0.2, 0) is 4.74 Å². The van der Waals surface area contributed by atoms with Crippen LogP contribution in [0, 0.1) is 0 Å². The molecule has 3 aromatic rings. The molecule has 0 radical (unpaired) electrons. The number of hydrogen-bond acceptors (Lipinski definition) is 5. The Kier molecular flexibility index (Phi) is 7.29. The maximum absolute atomic E-state index is 13.0. The van der Waals surface area contributed by atoms with Gasteiger partial charge < -0.3 is 24.1 Å². The number of carbonyl (C=O) groups excluding carboxylic acids is 2. The lowest BCUT2D eigenvalue weighted by molar-refractivity contribution is 0.00965. The molecule has 1 saturated heterocycles. The van der Waals surface area contributed by atoms with Crippen molar-refractivity contribution in [3.63, 3.8) is 0 Å². The molecule has 7 heteroatoms. The number of aromatic hydroxyl groups is 1. The minimum Gasteiger partial charge on any atom is -0.504 e. The molecule has 4 rings (SSSR count). The predicted molar refractivity (Wildman–Crippen MR) is 140 cm³/mol. The Labute approximate surface area is 212 Å². The van der Waals surface area contributed by atoms with Crippen molar-refractivity contribution in [1.82, 2.24) is 9.80 Å². The van der Waals surface area contributed by atoms with E-state index in [9.17, 15) is 14.7 Å². The van der Waals surface area contributed by atoms with Crippen LogP contribution >= 0.6 is 0 Å². The number of hydrogen-bond donors (Lipinski definition) is 1. The van der Waals surface area contributed by atoms with Crippen LogP contribution < -0.4 is 0 Å². The van der Waals surface area contributed by atoms with Crippen LogP contribution in [0.25, 0.3) is 22.3 Å². The molecule has 1 N–H and O–H groups in total. The molecule has 1 aliphatic rings. The minimum atomic E-state index is -0.588. The average Bonchev–Trinajstić information content (AvgIpc) is 3.20. The van der Waals surface area contributed by atoms with Gasteiger partial charge in [-0.05, 0) is 77.6 Å². The van der Waals surface area contributed by atoms with Crippen LogP contribution in [0.4, 0.5) is 4.79 Å². The molecule has 7 nitrogen and oxygen atoms in total. The first-order valence-corrected chi connectivity index (χ1v) is 12.8. The molecule has 2 aromatic carbocycles. The molecule has 0 aliphatic carbocycles. The van der Waals surface area contributed by atoms with Crippen LogP contribution in [-0.4, -0.2) is 52.1 Å². The summed E-state index contributed by atoms with van der Waals surface area (Å²) in [6.07, 6.45) is 2.32. The van der Waals surface area contributed by atoms with E-state index in [1.165, 1.54) is 0 Å². The van der Waals surface area contributed by atoms with Gasteiger partial charge in [-0.2, -0.15) is 0 Å². The molecule has 1 atom stereocenters. The molecule has 2 heterocycles. The lowest BCUT2D eigenvalue weighted by Crippen LogP contribution is -2.41. The fraction of sp³-hybridized carbons (Fsp3) is 0.448. The van der Waals surface area contributed by atoms with Gasteiger partial charge in [0, 0.05) is 30.8 Å². The summed E-state index contributed by atoms with van der Waals surface area (Å²) in [4.78, 5) is 29.2. The topological polar surface area (TPSA) is 83.2 Å². The summed E-state index contributed by atoms with van der Waals surface area (Å²) in [5, 5.41) is 11.9. The first-order chi connectivity index (χ1) is 17.1. The number of amides is 2. The average molecular weight is 493 g/mol. The third-order valence-electron chi connectivity index (χ3n) is 6.66. The van der Waals surface area contributed by atoms with Gasteiger partial charge in [-0.25, -0.2) is 4.79 Å². The van der Waals surface area contributed by atoms with E-state index in [1.54, 1.807) is 34.1 Å². The van der Waals surface area contributed by atoms with Crippen molar-refractivity contribution in [3.8, 4) is 17.1 Å². The third-order valence-corrected chi connectivity index (χ3v) is 6.66. The van der Waals surface area contributed by atoms with Crippen molar-refractivity contribution < 1.29 is 23.8 Å². The highest BCUT2D eigenvalue weighted by Crippen LogP contribution is 2.45. The first-order valence-electron chi connectivity index (χ1n) is 12.8. The lowest BCUT2D eigenvalue weighted by atomic mass is 9.92. The summed E-state index contributed by atoms with van der Waals surface area (Å²) in [6, 6.07) is 12.5. The summed E-state index contributed by atoms with van der Waals surface area (Å²) < 4.78 is 11.8. The normalized spacial score (nSPS) is 16.2. The van der Waals surface area contributed by atoms with Crippen molar-refractivity contribution in [2.75, 3.05) is 19.6 Å². The summed E-state index contributed by atoms with van der Waals surface area (Å²) in [7, 11) is 0. The molecule has 2 amide bonds. The predicted octanol–water partition coefficient (Wildman–Crippen LogP) is 6.75. The van der Waals surface area contributed by atoms with Gasteiger partial charge >= 0.3 is 6.09 Å². The van der Waals surface area contributed by atoms with E-state index in [-0.39, 0.29) is 23.8 Å². The molecule has 0 bridgehead atoms. The number of fused-ring (bicyclic) bond motifs is 1. The number of benzene rings is 2. The number of likely N-dealkylation sites (tertiary alicyclic amines) is 1. The van der Waals surface area contributed by atoms with Crippen LogP contribution in [0.3, 0.4) is 0 Å². The summed E-state index contributed by atoms with van der Waals surface area (Å²) >= 11 is 0. The van der Waals surface area contributed by atoms with Gasteiger partial charge in [0.05, 0.1) is 11.4 Å². The molecular formula is C29H36N2O5. The van der Waals surface area contributed by atoms with E-state index in [4.69, 9.17) is 9.15 Å². The molecule has 1 aromatic heterocycles. The number of carbonyl (C=O) groups is 2. The number of rotatable bonds is 5. The van der Waals surface area contributed by atoms with Crippen molar-refractivity contribution in [3.05, 3.63) is 53.6 Å². The Hall–Kier alpha value is -3.48. The van der Waals surface area contributed by atoms with Crippen LogP contribution in [0.2, 0.25) is 0 Å². The van der Waals surface area contributed by atoms with Crippen LogP contribution in [0.5, 0.6) is 5.75 Å². The quantitative estimate of drug-likeness (QED) is 0.426. The first kappa shape index (κ1) is 25.6. The zero-order valence-electron chi connectivity index (χ0n) is 21.8. The Morgan fingerprint density at radius 3 is 2.42 bits per heavy atom. The zero-order chi connectivity index (χ0) is 26.0. The van der Waals surface area contributed by atoms with Gasteiger partial charge in [0.2, 0.25) is 0 Å². The molecular weight excluding hydrogens is 456 g/mol. The third kappa shape index (κ3) is 5.06. The van der Waals surface area contributed by atoms with E-state index in [0.717, 1.165) is 24.8 Å². The summed E-state index contributed by atoms with van der Waals surface area (Å²) in [5.41, 5.74) is 2.08. The molecule has 1 unspecified atom stereocenters. The minimum absolute atomic E-state index is 0.0257. The lowest BCUT2D eigenvalue weighted by Gasteiger charge is -2.37. The second-order valence-corrected chi connectivity index (χ2v) is 10.2. The number of piperidine rings is 1. The van der Waals surface area contributed by atoms with E-state index in [1.807, 2.05) is 52.8 Å². The zero-order valence-corrected chi connectivity index (χ0v) is 21.8. The fourth-order valence-corrected chi connectivity index (χ4v) is 4.88. The Bertz CT molecular complexity index is 1240. The maximum Gasteiger partial charge on any atom is 0.410 e. The monoisotopic (exact) mass is 492 g/mol. The molecule has 0 saturated carbocycles. The largest absolute Gasteiger partial charge is 0.504 e. The van der Waals surface area contributed by atoms with Crippen molar-refractivity contribution in [1.29, 1.82) is 0 Å². The number of nitrogens with zero attached hydrogens (tertiary/aromatic N) is 2. The molecule has 0 spiro atoms. The Morgan fingerprint density at radius 1 is 1.08 bits per heavy atom. The van der Waals surface area contributed by atoms with Crippen molar-refractivity contribution >= 4 is 23.0 Å². The number of furan rings is 1. The fourth-order valence-electron chi connectivity index (χ4n) is 4.88. The molecule has 1 fully saturated rings.